The molecular weight excluding hydrogens is 399 g/mol. The van der Waals surface area contributed by atoms with Gasteiger partial charge >= 0.3 is 0 Å². The Morgan fingerprint density at radius 3 is 2.67 bits per heavy atom. The Hall–Kier alpha value is -0.870. The molecule has 1 unspecified atom stereocenters. The number of alkyl halides is 1. The third-order valence-corrected chi connectivity index (χ3v) is 5.56. The molecule has 1 heterocycles. The molecule has 2 aromatic rings. The number of hydrogen-bond donors (Lipinski definition) is 0. The molecule has 0 saturated carbocycles. The van der Waals surface area contributed by atoms with E-state index in [0.717, 1.165) is 21.3 Å². The second kappa shape index (κ2) is 5.40. The van der Waals surface area contributed by atoms with E-state index in [9.17, 15) is 4.39 Å². The van der Waals surface area contributed by atoms with E-state index in [2.05, 4.69) is 57.8 Å². The molecule has 1 nitrogen and oxygen atoms in total. The van der Waals surface area contributed by atoms with Crippen molar-refractivity contribution >= 4 is 31.9 Å². The quantitative estimate of drug-likeness (QED) is 0.570. The minimum Gasteiger partial charge on any atom is -0.492 e. The van der Waals surface area contributed by atoms with E-state index in [1.54, 1.807) is 6.07 Å². The Labute approximate surface area is 140 Å². The van der Waals surface area contributed by atoms with E-state index < -0.39 is 0 Å². The predicted molar refractivity (Wildman–Crippen MR) is 89.8 cm³/mol. The van der Waals surface area contributed by atoms with E-state index in [1.165, 1.54) is 17.7 Å². The molecular formula is C17H15Br2FO. The number of benzene rings is 2. The Kier molecular flexibility index (Phi) is 3.87. The van der Waals surface area contributed by atoms with Crippen LogP contribution in [0, 0.1) is 5.82 Å². The fourth-order valence-corrected chi connectivity index (χ4v) is 4.15. The molecule has 0 bridgehead atoms. The van der Waals surface area contributed by atoms with Gasteiger partial charge in [0, 0.05) is 15.5 Å². The molecule has 1 aliphatic heterocycles. The van der Waals surface area contributed by atoms with Crippen LogP contribution in [0.25, 0.3) is 0 Å². The van der Waals surface area contributed by atoms with Crippen LogP contribution in [0.3, 0.4) is 0 Å². The van der Waals surface area contributed by atoms with Crippen molar-refractivity contribution in [2.75, 3.05) is 6.61 Å². The Bertz CT molecular complexity index is 697. The molecule has 0 amide bonds. The molecule has 21 heavy (non-hydrogen) atoms. The maximum absolute atomic E-state index is 13.2. The molecule has 1 aliphatic rings. The summed E-state index contributed by atoms with van der Waals surface area (Å²) in [5.41, 5.74) is 3.40. The highest BCUT2D eigenvalue weighted by atomic mass is 79.9. The summed E-state index contributed by atoms with van der Waals surface area (Å²) < 4.78 is 19.7. The van der Waals surface area contributed by atoms with Gasteiger partial charge in [0.25, 0.3) is 0 Å². The SMILES string of the molecule is CC1(C)COc2ccc(C(Br)c3ccc(F)cc3Br)cc21. The van der Waals surface area contributed by atoms with Gasteiger partial charge in [0.1, 0.15) is 11.6 Å². The average molecular weight is 414 g/mol. The minimum atomic E-state index is -0.242. The fraction of sp³-hybridized carbons (Fsp3) is 0.294. The first-order valence-electron chi connectivity index (χ1n) is 6.75. The summed E-state index contributed by atoms with van der Waals surface area (Å²) in [5.74, 6) is 0.718. The van der Waals surface area contributed by atoms with Crippen molar-refractivity contribution in [1.82, 2.24) is 0 Å². The van der Waals surface area contributed by atoms with Crippen LogP contribution in [-0.4, -0.2) is 6.61 Å². The van der Waals surface area contributed by atoms with Crippen molar-refractivity contribution < 1.29 is 9.13 Å². The van der Waals surface area contributed by atoms with Crippen LogP contribution in [0.1, 0.15) is 35.4 Å². The Morgan fingerprint density at radius 2 is 1.95 bits per heavy atom. The molecule has 0 aliphatic carbocycles. The van der Waals surface area contributed by atoms with Crippen molar-refractivity contribution in [3.8, 4) is 5.75 Å². The van der Waals surface area contributed by atoms with Crippen molar-refractivity contribution in [1.29, 1.82) is 0 Å². The smallest absolute Gasteiger partial charge is 0.124 e. The molecule has 0 fully saturated rings. The van der Waals surface area contributed by atoms with Crippen LogP contribution in [0.15, 0.2) is 40.9 Å². The topological polar surface area (TPSA) is 9.23 Å². The predicted octanol–water partition coefficient (Wildman–Crippen LogP) is 5.74. The van der Waals surface area contributed by atoms with Gasteiger partial charge < -0.3 is 4.74 Å². The molecule has 110 valence electrons. The third-order valence-electron chi connectivity index (χ3n) is 3.85. The summed E-state index contributed by atoms with van der Waals surface area (Å²) in [6.45, 7) is 5.07. The van der Waals surface area contributed by atoms with E-state index in [4.69, 9.17) is 4.74 Å². The highest BCUT2D eigenvalue weighted by Crippen LogP contribution is 2.42. The number of ether oxygens (including phenoxy) is 1. The van der Waals surface area contributed by atoms with Crippen LogP contribution in [0.5, 0.6) is 5.75 Å². The molecule has 3 rings (SSSR count). The first-order valence-corrected chi connectivity index (χ1v) is 8.45. The van der Waals surface area contributed by atoms with Gasteiger partial charge in [0.15, 0.2) is 0 Å². The van der Waals surface area contributed by atoms with Gasteiger partial charge in [-0.15, -0.1) is 0 Å². The standard InChI is InChI=1S/C17H15Br2FO/c1-17(2)9-21-15-6-3-10(7-13(15)17)16(19)12-5-4-11(20)8-14(12)18/h3-8,16H,9H2,1-2H3. The van der Waals surface area contributed by atoms with Crippen LogP contribution >= 0.6 is 31.9 Å². The van der Waals surface area contributed by atoms with E-state index in [1.807, 2.05) is 6.07 Å². The Balaban J connectivity index is 2.01. The molecule has 1 atom stereocenters. The summed E-state index contributed by atoms with van der Waals surface area (Å²) in [6.07, 6.45) is 0. The highest BCUT2D eigenvalue weighted by molar-refractivity contribution is 9.11. The van der Waals surface area contributed by atoms with Crippen molar-refractivity contribution in [3.05, 3.63) is 63.4 Å². The van der Waals surface area contributed by atoms with Gasteiger partial charge in [-0.3, -0.25) is 0 Å². The van der Waals surface area contributed by atoms with Crippen LogP contribution < -0.4 is 4.74 Å². The fourth-order valence-electron chi connectivity index (χ4n) is 2.58. The van der Waals surface area contributed by atoms with Gasteiger partial charge in [-0.05, 0) is 35.4 Å². The van der Waals surface area contributed by atoms with Crippen LogP contribution in [0.2, 0.25) is 0 Å². The van der Waals surface area contributed by atoms with Crippen molar-refractivity contribution in [2.45, 2.75) is 24.1 Å². The molecule has 4 heteroatoms. The van der Waals surface area contributed by atoms with E-state index in [-0.39, 0.29) is 16.1 Å². The van der Waals surface area contributed by atoms with E-state index >= 15 is 0 Å². The van der Waals surface area contributed by atoms with Gasteiger partial charge in [0.05, 0.1) is 11.4 Å². The largest absolute Gasteiger partial charge is 0.492 e. The average Bonchev–Trinajstić information content (AvgIpc) is 2.74. The van der Waals surface area contributed by atoms with Crippen LogP contribution in [-0.2, 0) is 5.41 Å². The lowest BCUT2D eigenvalue weighted by atomic mass is 9.85. The molecule has 0 saturated heterocycles. The van der Waals surface area contributed by atoms with Crippen molar-refractivity contribution in [3.63, 3.8) is 0 Å². The van der Waals surface area contributed by atoms with Crippen LogP contribution in [0.4, 0.5) is 4.39 Å². The number of hydrogen-bond acceptors (Lipinski definition) is 1. The summed E-state index contributed by atoms with van der Waals surface area (Å²) in [4.78, 5) is 0.00850. The maximum atomic E-state index is 13.2. The van der Waals surface area contributed by atoms with Gasteiger partial charge in [-0.2, -0.15) is 0 Å². The van der Waals surface area contributed by atoms with Gasteiger partial charge in [-0.1, -0.05) is 57.8 Å². The number of halogens is 3. The minimum absolute atomic E-state index is 0.00850. The molecule has 0 radical (unpaired) electrons. The second-order valence-electron chi connectivity index (χ2n) is 5.96. The highest BCUT2D eigenvalue weighted by Gasteiger charge is 2.32. The summed E-state index contributed by atoms with van der Waals surface area (Å²) >= 11 is 7.16. The molecule has 0 aromatic heterocycles. The number of rotatable bonds is 2. The second-order valence-corrected chi connectivity index (χ2v) is 7.73. The lowest BCUT2D eigenvalue weighted by Gasteiger charge is -2.18. The third kappa shape index (κ3) is 2.76. The molecule has 0 N–H and O–H groups in total. The molecule has 2 aromatic carbocycles. The summed E-state index contributed by atoms with van der Waals surface area (Å²) in [5, 5.41) is 0. The van der Waals surface area contributed by atoms with Crippen molar-refractivity contribution in [2.24, 2.45) is 0 Å². The van der Waals surface area contributed by atoms with Gasteiger partial charge in [0.2, 0.25) is 0 Å². The zero-order chi connectivity index (χ0) is 15.2. The zero-order valence-corrected chi connectivity index (χ0v) is 15.0. The Morgan fingerprint density at radius 1 is 1.19 bits per heavy atom. The normalized spacial score (nSPS) is 17.2. The lowest BCUT2D eigenvalue weighted by Crippen LogP contribution is -2.18. The lowest BCUT2D eigenvalue weighted by molar-refractivity contribution is 0.291. The first kappa shape index (κ1) is 15.0. The molecule has 0 spiro atoms. The summed E-state index contributed by atoms with van der Waals surface area (Å²) in [7, 11) is 0. The maximum Gasteiger partial charge on any atom is 0.124 e. The summed E-state index contributed by atoms with van der Waals surface area (Å²) in [6, 6.07) is 11.0. The number of fused-ring (bicyclic) bond motifs is 1. The first-order chi connectivity index (χ1) is 9.88. The van der Waals surface area contributed by atoms with Gasteiger partial charge in [-0.25, -0.2) is 4.39 Å². The van der Waals surface area contributed by atoms with E-state index in [0.29, 0.717) is 6.61 Å². The zero-order valence-electron chi connectivity index (χ0n) is 11.8. The monoisotopic (exact) mass is 412 g/mol.